The van der Waals surface area contributed by atoms with Crippen LogP contribution >= 0.6 is 0 Å². The number of nitriles is 1. The lowest BCUT2D eigenvalue weighted by molar-refractivity contribution is 0.141. The molecular formula is C9H9FN2O. The lowest BCUT2D eigenvalue weighted by Gasteiger charge is -2.00. The van der Waals surface area contributed by atoms with Gasteiger partial charge in [-0.1, -0.05) is 6.07 Å². The van der Waals surface area contributed by atoms with Crippen LogP contribution < -0.4 is 5.90 Å². The van der Waals surface area contributed by atoms with Gasteiger partial charge in [0.25, 0.3) is 0 Å². The van der Waals surface area contributed by atoms with Gasteiger partial charge in [-0.25, -0.2) is 10.3 Å². The first kappa shape index (κ1) is 9.65. The molecule has 0 radical (unpaired) electrons. The number of nitrogens with zero attached hydrogens (tertiary/aromatic N) is 1. The fourth-order valence-electron chi connectivity index (χ4n) is 0.990. The average molecular weight is 180 g/mol. The molecule has 13 heavy (non-hydrogen) atoms. The van der Waals surface area contributed by atoms with E-state index in [9.17, 15) is 4.39 Å². The molecule has 1 aromatic rings. The maximum atomic E-state index is 12.8. The summed E-state index contributed by atoms with van der Waals surface area (Å²) >= 11 is 0. The Labute approximate surface area is 75.5 Å². The second-order valence-corrected chi connectivity index (χ2v) is 2.55. The largest absolute Gasteiger partial charge is 0.304 e. The van der Waals surface area contributed by atoms with Gasteiger partial charge in [-0.05, 0) is 24.1 Å². The molecule has 1 aromatic carbocycles. The Morgan fingerprint density at radius 1 is 1.54 bits per heavy atom. The Morgan fingerprint density at radius 3 is 2.92 bits per heavy atom. The molecule has 0 heterocycles. The van der Waals surface area contributed by atoms with Crippen molar-refractivity contribution in [2.24, 2.45) is 5.90 Å². The maximum Gasteiger partial charge on any atom is 0.140 e. The van der Waals surface area contributed by atoms with Crippen molar-refractivity contribution in [3.05, 3.63) is 35.1 Å². The van der Waals surface area contributed by atoms with Crippen LogP contribution in [0.4, 0.5) is 4.39 Å². The topological polar surface area (TPSA) is 59.0 Å². The van der Waals surface area contributed by atoms with Crippen molar-refractivity contribution in [2.75, 3.05) is 6.61 Å². The third-order valence-electron chi connectivity index (χ3n) is 1.66. The standard InChI is InChI=1S/C9H9FN2O/c10-9-2-1-7(3-4-13-12)5-8(9)6-11/h1-2,5H,3-4,12H2. The summed E-state index contributed by atoms with van der Waals surface area (Å²) in [6.07, 6.45) is 0.575. The zero-order valence-electron chi connectivity index (χ0n) is 6.96. The average Bonchev–Trinajstić information content (AvgIpc) is 2.16. The molecule has 68 valence electrons. The second kappa shape index (κ2) is 4.55. The molecule has 0 atom stereocenters. The molecular weight excluding hydrogens is 171 g/mol. The fraction of sp³-hybridized carbons (Fsp3) is 0.222. The normalized spacial score (nSPS) is 9.62. The molecule has 0 spiro atoms. The number of nitrogens with two attached hydrogens (primary N) is 1. The van der Waals surface area contributed by atoms with E-state index in [1.54, 1.807) is 12.1 Å². The zero-order valence-corrected chi connectivity index (χ0v) is 6.96. The van der Waals surface area contributed by atoms with Crippen LogP contribution in [0, 0.1) is 17.1 Å². The molecule has 0 saturated carbocycles. The van der Waals surface area contributed by atoms with Crippen LogP contribution in [0.3, 0.4) is 0 Å². The van der Waals surface area contributed by atoms with Crippen molar-refractivity contribution in [1.29, 1.82) is 5.26 Å². The lowest BCUT2D eigenvalue weighted by Crippen LogP contribution is -2.04. The van der Waals surface area contributed by atoms with Gasteiger partial charge in [0.15, 0.2) is 0 Å². The molecule has 0 aliphatic heterocycles. The van der Waals surface area contributed by atoms with E-state index in [1.807, 2.05) is 0 Å². The lowest BCUT2D eigenvalue weighted by atomic mass is 10.1. The highest BCUT2D eigenvalue weighted by molar-refractivity contribution is 5.34. The predicted molar refractivity (Wildman–Crippen MR) is 45.0 cm³/mol. The molecule has 1 rings (SSSR count). The molecule has 0 saturated heterocycles. The van der Waals surface area contributed by atoms with Crippen molar-refractivity contribution in [3.63, 3.8) is 0 Å². The van der Waals surface area contributed by atoms with Crippen LogP contribution in [0.2, 0.25) is 0 Å². The van der Waals surface area contributed by atoms with Gasteiger partial charge in [0.05, 0.1) is 12.2 Å². The number of halogens is 1. The van der Waals surface area contributed by atoms with E-state index in [-0.39, 0.29) is 5.56 Å². The Hall–Kier alpha value is -1.44. The van der Waals surface area contributed by atoms with Crippen molar-refractivity contribution in [3.8, 4) is 6.07 Å². The van der Waals surface area contributed by atoms with Gasteiger partial charge in [-0.15, -0.1) is 0 Å². The number of hydrogen-bond donors (Lipinski definition) is 1. The summed E-state index contributed by atoms with van der Waals surface area (Å²) in [5.41, 5.74) is 0.887. The minimum atomic E-state index is -0.500. The van der Waals surface area contributed by atoms with Gasteiger partial charge in [0, 0.05) is 0 Å². The Balaban J connectivity index is 2.82. The first-order valence-electron chi connectivity index (χ1n) is 3.78. The Morgan fingerprint density at radius 2 is 2.31 bits per heavy atom. The highest BCUT2D eigenvalue weighted by Crippen LogP contribution is 2.09. The molecule has 0 aliphatic carbocycles. The molecule has 0 unspecified atom stereocenters. The summed E-state index contributed by atoms with van der Waals surface area (Å²) in [6, 6.07) is 6.13. The van der Waals surface area contributed by atoms with E-state index in [0.717, 1.165) is 5.56 Å². The molecule has 0 bridgehead atoms. The first-order valence-corrected chi connectivity index (χ1v) is 3.78. The summed E-state index contributed by atoms with van der Waals surface area (Å²) in [6.45, 7) is 0.358. The molecule has 0 fully saturated rings. The molecule has 2 N–H and O–H groups in total. The quantitative estimate of drug-likeness (QED) is 0.709. The van der Waals surface area contributed by atoms with E-state index in [2.05, 4.69) is 4.84 Å². The van der Waals surface area contributed by atoms with E-state index < -0.39 is 5.82 Å². The zero-order chi connectivity index (χ0) is 9.68. The van der Waals surface area contributed by atoms with Crippen molar-refractivity contribution < 1.29 is 9.23 Å². The minimum Gasteiger partial charge on any atom is -0.304 e. The second-order valence-electron chi connectivity index (χ2n) is 2.55. The van der Waals surface area contributed by atoms with Gasteiger partial charge in [0.2, 0.25) is 0 Å². The van der Waals surface area contributed by atoms with Gasteiger partial charge in [0.1, 0.15) is 11.9 Å². The number of hydrogen-bond acceptors (Lipinski definition) is 3. The van der Waals surface area contributed by atoms with E-state index >= 15 is 0 Å². The van der Waals surface area contributed by atoms with Crippen molar-refractivity contribution in [1.82, 2.24) is 0 Å². The summed E-state index contributed by atoms with van der Waals surface area (Å²) in [7, 11) is 0. The van der Waals surface area contributed by atoms with Crippen LogP contribution in [-0.2, 0) is 11.3 Å². The van der Waals surface area contributed by atoms with E-state index in [4.69, 9.17) is 11.2 Å². The third kappa shape index (κ3) is 2.51. The Kier molecular flexibility index (Phi) is 3.38. The fourth-order valence-corrected chi connectivity index (χ4v) is 0.990. The summed E-state index contributed by atoms with van der Waals surface area (Å²) in [5, 5.41) is 8.52. The van der Waals surface area contributed by atoms with Gasteiger partial charge >= 0.3 is 0 Å². The molecule has 4 heteroatoms. The first-order chi connectivity index (χ1) is 6.27. The van der Waals surface area contributed by atoms with Crippen LogP contribution in [0.15, 0.2) is 18.2 Å². The molecule has 0 aliphatic rings. The van der Waals surface area contributed by atoms with Crippen molar-refractivity contribution >= 4 is 0 Å². The molecule has 0 aromatic heterocycles. The van der Waals surface area contributed by atoms with Crippen molar-refractivity contribution in [2.45, 2.75) is 6.42 Å². The number of benzene rings is 1. The van der Waals surface area contributed by atoms with Gasteiger partial charge < -0.3 is 4.84 Å². The van der Waals surface area contributed by atoms with Gasteiger partial charge in [-0.2, -0.15) is 5.26 Å². The SMILES string of the molecule is N#Cc1cc(CCON)ccc1F. The monoisotopic (exact) mass is 180 g/mol. The Bertz CT molecular complexity index is 333. The molecule has 0 amide bonds. The third-order valence-corrected chi connectivity index (χ3v) is 1.66. The summed E-state index contributed by atoms with van der Waals surface area (Å²) in [4.78, 5) is 4.37. The van der Waals surface area contributed by atoms with Crippen LogP contribution in [0.25, 0.3) is 0 Å². The van der Waals surface area contributed by atoms with Crippen LogP contribution in [-0.4, -0.2) is 6.61 Å². The summed E-state index contributed by atoms with van der Waals surface area (Å²) < 4.78 is 12.8. The highest BCUT2D eigenvalue weighted by atomic mass is 19.1. The highest BCUT2D eigenvalue weighted by Gasteiger charge is 2.01. The predicted octanol–water partition coefficient (Wildman–Crippen LogP) is 1.13. The number of rotatable bonds is 3. The summed E-state index contributed by atoms with van der Waals surface area (Å²) in [5.74, 6) is 4.34. The van der Waals surface area contributed by atoms with E-state index in [0.29, 0.717) is 13.0 Å². The maximum absolute atomic E-state index is 12.8. The minimum absolute atomic E-state index is 0.0505. The van der Waals surface area contributed by atoms with Crippen LogP contribution in [0.5, 0.6) is 0 Å². The van der Waals surface area contributed by atoms with Crippen LogP contribution in [0.1, 0.15) is 11.1 Å². The smallest absolute Gasteiger partial charge is 0.140 e. The molecule has 3 nitrogen and oxygen atoms in total. The van der Waals surface area contributed by atoms with E-state index in [1.165, 1.54) is 12.1 Å². The van der Waals surface area contributed by atoms with Gasteiger partial charge in [-0.3, -0.25) is 0 Å².